The molecular weight excluding hydrogens is 441 g/mol. The number of rotatable bonds is 6. The van der Waals surface area contributed by atoms with E-state index in [9.17, 15) is 32.3 Å². The number of likely N-dealkylation sites (N-methyl/N-ethyl adjacent to an activating group) is 1. The van der Waals surface area contributed by atoms with E-state index in [0.717, 1.165) is 17.1 Å². The number of halogens is 3. The molecular formula is C22H21F3N4O4. The molecule has 0 atom stereocenters. The summed E-state index contributed by atoms with van der Waals surface area (Å²) in [7, 11) is 0. The van der Waals surface area contributed by atoms with Crippen LogP contribution in [0, 0.1) is 0 Å². The fraction of sp³-hybridized carbons (Fsp3) is 0.273. The van der Waals surface area contributed by atoms with Gasteiger partial charge in [0.25, 0.3) is 5.91 Å². The lowest BCUT2D eigenvalue weighted by atomic mass is 10.1. The molecule has 1 aliphatic heterocycles. The molecule has 4 amide bonds. The summed E-state index contributed by atoms with van der Waals surface area (Å²) < 4.78 is 39.4. The molecule has 2 aromatic carbocycles. The molecule has 3 rings (SSSR count). The molecule has 1 heterocycles. The summed E-state index contributed by atoms with van der Waals surface area (Å²) in [6.45, 7) is 1.31. The lowest BCUT2D eigenvalue weighted by molar-refractivity contribution is -0.137. The lowest BCUT2D eigenvalue weighted by Gasteiger charge is -2.27. The summed E-state index contributed by atoms with van der Waals surface area (Å²) in [4.78, 5) is 49.9. The van der Waals surface area contributed by atoms with Gasteiger partial charge >= 0.3 is 6.18 Å². The number of carbonyl (C=O) groups is 4. The molecule has 1 saturated heterocycles. The van der Waals surface area contributed by atoms with Crippen LogP contribution < -0.4 is 15.8 Å². The highest BCUT2D eigenvalue weighted by Crippen LogP contribution is 2.34. The van der Waals surface area contributed by atoms with Crippen molar-refractivity contribution in [3.63, 3.8) is 0 Å². The minimum Gasteiger partial charge on any atom is -0.330 e. The second kappa shape index (κ2) is 9.72. The van der Waals surface area contributed by atoms with Crippen LogP contribution in [0.25, 0.3) is 0 Å². The summed E-state index contributed by atoms with van der Waals surface area (Å²) in [5, 5.41) is 3.31. The van der Waals surface area contributed by atoms with Crippen molar-refractivity contribution in [1.29, 1.82) is 0 Å². The van der Waals surface area contributed by atoms with Crippen LogP contribution in [0.3, 0.4) is 0 Å². The summed E-state index contributed by atoms with van der Waals surface area (Å²) in [6, 6.07) is 10.4. The zero-order valence-electron chi connectivity index (χ0n) is 17.6. The van der Waals surface area contributed by atoms with Crippen molar-refractivity contribution in [2.75, 3.05) is 23.4 Å². The Labute approximate surface area is 187 Å². The van der Waals surface area contributed by atoms with E-state index in [2.05, 4.69) is 10.7 Å². The van der Waals surface area contributed by atoms with Crippen LogP contribution in [0.4, 0.5) is 24.5 Å². The first-order chi connectivity index (χ1) is 15.6. The number of hydrazine groups is 1. The van der Waals surface area contributed by atoms with Gasteiger partial charge in [0.05, 0.1) is 16.9 Å². The third-order valence-electron chi connectivity index (χ3n) is 4.93. The summed E-state index contributed by atoms with van der Waals surface area (Å²) >= 11 is 0. The smallest absolute Gasteiger partial charge is 0.330 e. The van der Waals surface area contributed by atoms with E-state index < -0.39 is 35.8 Å². The number of carbonyl (C=O) groups excluding carboxylic acids is 4. The highest BCUT2D eigenvalue weighted by atomic mass is 19.4. The average molecular weight is 462 g/mol. The van der Waals surface area contributed by atoms with Gasteiger partial charge in [-0.3, -0.25) is 24.6 Å². The zero-order valence-corrected chi connectivity index (χ0v) is 17.6. The molecule has 8 nitrogen and oxygen atoms in total. The number of anilines is 2. The molecule has 0 aromatic heterocycles. The predicted octanol–water partition coefficient (Wildman–Crippen LogP) is 2.96. The molecule has 0 unspecified atom stereocenters. The van der Waals surface area contributed by atoms with Gasteiger partial charge in [-0.2, -0.15) is 13.2 Å². The Bertz CT molecular complexity index is 1070. The molecule has 174 valence electrons. The normalized spacial score (nSPS) is 14.0. The van der Waals surface area contributed by atoms with Crippen LogP contribution in [0.2, 0.25) is 0 Å². The van der Waals surface area contributed by atoms with Gasteiger partial charge in [-0.1, -0.05) is 12.1 Å². The quantitative estimate of drug-likeness (QED) is 0.690. The topological polar surface area (TPSA) is 98.8 Å². The van der Waals surface area contributed by atoms with Crippen LogP contribution in [0.15, 0.2) is 48.5 Å². The SMILES string of the molecule is CCN(CC(=O)Nc1ccccc1C(F)(F)F)C(=O)c1ccc(N2NC(=O)CCC2=O)cc1. The number of benzene rings is 2. The standard InChI is InChI=1S/C22H21F3N4O4/c1-2-28(13-19(31)26-17-6-4-3-5-16(17)22(23,24)25)21(33)14-7-9-15(10-8-14)29-20(32)12-11-18(30)27-29/h3-10H,2,11-13H2,1H3,(H,26,31)(H,27,30). The van der Waals surface area contributed by atoms with Gasteiger partial charge in [-0.25, -0.2) is 5.01 Å². The van der Waals surface area contributed by atoms with E-state index in [1.807, 2.05) is 0 Å². The predicted molar refractivity (Wildman–Crippen MR) is 113 cm³/mol. The minimum absolute atomic E-state index is 0.0721. The number of alkyl halides is 3. The average Bonchev–Trinajstić information content (AvgIpc) is 2.78. The number of nitrogens with one attached hydrogen (secondary N) is 2. The van der Waals surface area contributed by atoms with E-state index in [1.165, 1.54) is 41.3 Å². The van der Waals surface area contributed by atoms with Crippen molar-refractivity contribution in [3.05, 3.63) is 59.7 Å². The summed E-state index contributed by atoms with van der Waals surface area (Å²) in [5.74, 6) is -1.89. The number of hydrogen-bond acceptors (Lipinski definition) is 4. The second-order valence-electron chi connectivity index (χ2n) is 7.22. The molecule has 0 saturated carbocycles. The molecule has 33 heavy (non-hydrogen) atoms. The van der Waals surface area contributed by atoms with Gasteiger partial charge in [0, 0.05) is 24.9 Å². The Balaban J connectivity index is 1.68. The third-order valence-corrected chi connectivity index (χ3v) is 4.93. The van der Waals surface area contributed by atoms with E-state index in [4.69, 9.17) is 0 Å². The minimum atomic E-state index is -4.64. The Hall–Kier alpha value is -3.89. The van der Waals surface area contributed by atoms with Crippen molar-refractivity contribution in [2.45, 2.75) is 25.9 Å². The largest absolute Gasteiger partial charge is 0.418 e. The number of nitrogens with zero attached hydrogens (tertiary/aromatic N) is 2. The van der Waals surface area contributed by atoms with Gasteiger partial charge in [0.2, 0.25) is 17.7 Å². The molecule has 0 radical (unpaired) electrons. The second-order valence-corrected chi connectivity index (χ2v) is 7.22. The van der Waals surface area contributed by atoms with Crippen molar-refractivity contribution in [2.24, 2.45) is 0 Å². The maximum Gasteiger partial charge on any atom is 0.418 e. The van der Waals surface area contributed by atoms with Gasteiger partial charge < -0.3 is 10.2 Å². The fourth-order valence-electron chi connectivity index (χ4n) is 3.25. The molecule has 1 aliphatic rings. The third kappa shape index (κ3) is 5.68. The van der Waals surface area contributed by atoms with Crippen LogP contribution in [-0.2, 0) is 20.6 Å². The van der Waals surface area contributed by atoms with Crippen molar-refractivity contribution in [1.82, 2.24) is 10.3 Å². The molecule has 0 bridgehead atoms. The van der Waals surface area contributed by atoms with Crippen LogP contribution in [0.5, 0.6) is 0 Å². The van der Waals surface area contributed by atoms with Crippen LogP contribution in [-0.4, -0.2) is 41.6 Å². The Morgan fingerprint density at radius 1 is 1.06 bits per heavy atom. The van der Waals surface area contributed by atoms with Gasteiger partial charge in [0.1, 0.15) is 6.54 Å². The van der Waals surface area contributed by atoms with E-state index >= 15 is 0 Å². The van der Waals surface area contributed by atoms with Gasteiger partial charge in [-0.05, 0) is 43.3 Å². The Morgan fingerprint density at radius 2 is 1.73 bits per heavy atom. The monoisotopic (exact) mass is 462 g/mol. The molecule has 1 fully saturated rings. The maximum absolute atomic E-state index is 13.1. The van der Waals surface area contributed by atoms with Crippen molar-refractivity contribution >= 4 is 35.0 Å². The van der Waals surface area contributed by atoms with Crippen molar-refractivity contribution in [3.8, 4) is 0 Å². The van der Waals surface area contributed by atoms with E-state index in [-0.39, 0.29) is 36.8 Å². The van der Waals surface area contributed by atoms with E-state index in [1.54, 1.807) is 6.92 Å². The molecule has 0 aliphatic carbocycles. The maximum atomic E-state index is 13.1. The highest BCUT2D eigenvalue weighted by molar-refractivity contribution is 6.02. The first-order valence-electron chi connectivity index (χ1n) is 10.1. The molecule has 0 spiro atoms. The summed E-state index contributed by atoms with van der Waals surface area (Å²) in [5.41, 5.74) is 1.65. The molecule has 2 N–H and O–H groups in total. The molecule has 2 aromatic rings. The Kier molecular flexibility index (Phi) is 7.00. The fourth-order valence-corrected chi connectivity index (χ4v) is 3.25. The first kappa shape index (κ1) is 23.8. The highest BCUT2D eigenvalue weighted by Gasteiger charge is 2.33. The van der Waals surface area contributed by atoms with E-state index in [0.29, 0.717) is 5.69 Å². The molecule has 11 heteroatoms. The van der Waals surface area contributed by atoms with Gasteiger partial charge in [0.15, 0.2) is 0 Å². The van der Waals surface area contributed by atoms with Crippen LogP contribution >= 0.6 is 0 Å². The Morgan fingerprint density at radius 3 is 2.36 bits per heavy atom. The number of hydrogen-bond donors (Lipinski definition) is 2. The first-order valence-corrected chi connectivity index (χ1v) is 10.1. The summed E-state index contributed by atoms with van der Waals surface area (Å²) in [6.07, 6.45) is -4.46. The number of para-hydroxylation sites is 1. The van der Waals surface area contributed by atoms with Crippen molar-refractivity contribution < 1.29 is 32.3 Å². The lowest BCUT2D eigenvalue weighted by Crippen LogP contribution is -2.50. The number of amides is 4. The van der Waals surface area contributed by atoms with Gasteiger partial charge in [-0.15, -0.1) is 0 Å². The van der Waals surface area contributed by atoms with Crippen LogP contribution in [0.1, 0.15) is 35.7 Å². The zero-order chi connectivity index (χ0) is 24.2.